The van der Waals surface area contributed by atoms with Gasteiger partial charge in [0.1, 0.15) is 0 Å². The molecule has 0 saturated carbocycles. The number of allylic oxidation sites excluding steroid dienone is 3. The van der Waals surface area contributed by atoms with E-state index in [1.807, 2.05) is 6.92 Å². The predicted molar refractivity (Wildman–Crippen MR) is 53.0 cm³/mol. The molecule has 0 N–H and O–H groups in total. The van der Waals surface area contributed by atoms with Gasteiger partial charge >= 0.3 is 5.97 Å². The Morgan fingerprint density at radius 3 is 2.50 bits per heavy atom. The Balaban J connectivity index is 4.90. The number of ether oxygens (including phenoxy) is 1. The highest BCUT2D eigenvalue weighted by atomic mass is 79.9. The van der Waals surface area contributed by atoms with Crippen LogP contribution < -0.4 is 0 Å². The van der Waals surface area contributed by atoms with Gasteiger partial charge in [-0.3, -0.25) is 0 Å². The zero-order valence-electron chi connectivity index (χ0n) is 7.13. The van der Waals surface area contributed by atoms with Crippen LogP contribution in [0.25, 0.3) is 0 Å². The van der Waals surface area contributed by atoms with E-state index < -0.39 is 0 Å². The summed E-state index contributed by atoms with van der Waals surface area (Å²) in [4.78, 5) is 11.1. The van der Waals surface area contributed by atoms with E-state index in [-0.39, 0.29) is 5.97 Å². The van der Waals surface area contributed by atoms with Gasteiger partial charge in [-0.1, -0.05) is 24.8 Å². The van der Waals surface area contributed by atoms with Crippen molar-refractivity contribution in [1.29, 1.82) is 0 Å². The zero-order valence-corrected chi connectivity index (χ0v) is 8.72. The average Bonchev–Trinajstić information content (AvgIpc) is 2.11. The molecule has 0 atom stereocenters. The van der Waals surface area contributed by atoms with Crippen LogP contribution in [-0.4, -0.2) is 13.1 Å². The summed E-state index contributed by atoms with van der Waals surface area (Å²) >= 11 is 3.20. The summed E-state index contributed by atoms with van der Waals surface area (Å²) in [6.45, 7) is 5.36. The van der Waals surface area contributed by atoms with E-state index in [9.17, 15) is 4.79 Å². The van der Waals surface area contributed by atoms with E-state index in [0.29, 0.717) is 10.1 Å². The molecule has 0 radical (unpaired) electrons. The van der Waals surface area contributed by atoms with Crippen LogP contribution in [0.2, 0.25) is 0 Å². The van der Waals surface area contributed by atoms with Crippen molar-refractivity contribution in [2.24, 2.45) is 0 Å². The molecule has 12 heavy (non-hydrogen) atoms. The van der Waals surface area contributed by atoms with Gasteiger partial charge in [-0.25, -0.2) is 4.79 Å². The molecule has 0 aromatic carbocycles. The van der Waals surface area contributed by atoms with Crippen molar-refractivity contribution < 1.29 is 9.53 Å². The number of carbonyl (C=O) groups excluding carboxylic acids is 1. The van der Waals surface area contributed by atoms with E-state index in [1.54, 1.807) is 18.2 Å². The van der Waals surface area contributed by atoms with Crippen molar-refractivity contribution in [2.75, 3.05) is 7.11 Å². The second-order valence-corrected chi connectivity index (χ2v) is 2.81. The average molecular weight is 231 g/mol. The third kappa shape index (κ3) is 3.05. The first-order chi connectivity index (χ1) is 5.67. The molecule has 0 spiro atoms. The largest absolute Gasteiger partial charge is 0.465 e. The number of hydrogen-bond acceptors (Lipinski definition) is 2. The Morgan fingerprint density at radius 1 is 1.58 bits per heavy atom. The maximum absolute atomic E-state index is 11.1. The van der Waals surface area contributed by atoms with E-state index in [0.717, 1.165) is 0 Å². The standard InChI is InChI=1S/C9H11BrO2/c1-4-6-7(8(10)5-2)9(11)12-3/h4-6H,2H2,1,3H3/b6-4-,8-7-. The minimum absolute atomic E-state index is 0.375. The van der Waals surface area contributed by atoms with Gasteiger partial charge in [0.25, 0.3) is 0 Å². The number of rotatable bonds is 3. The molecule has 0 aromatic heterocycles. The monoisotopic (exact) mass is 230 g/mol. The van der Waals surface area contributed by atoms with Gasteiger partial charge in [0.05, 0.1) is 12.7 Å². The minimum Gasteiger partial charge on any atom is -0.465 e. The Kier molecular flexibility index (Phi) is 5.37. The van der Waals surface area contributed by atoms with Crippen molar-refractivity contribution in [1.82, 2.24) is 0 Å². The maximum Gasteiger partial charge on any atom is 0.338 e. The van der Waals surface area contributed by atoms with E-state index in [2.05, 4.69) is 27.2 Å². The molecule has 3 heteroatoms. The molecule has 0 aliphatic rings. The number of hydrogen-bond donors (Lipinski definition) is 0. The number of methoxy groups -OCH3 is 1. The Labute approximate surface area is 80.7 Å². The van der Waals surface area contributed by atoms with Crippen molar-refractivity contribution >= 4 is 21.9 Å². The fourth-order valence-electron chi connectivity index (χ4n) is 0.632. The molecule has 0 unspecified atom stereocenters. The van der Waals surface area contributed by atoms with E-state index >= 15 is 0 Å². The Morgan fingerprint density at radius 2 is 2.17 bits per heavy atom. The van der Waals surface area contributed by atoms with Gasteiger partial charge in [0.15, 0.2) is 0 Å². The first-order valence-electron chi connectivity index (χ1n) is 3.40. The fraction of sp³-hybridized carbons (Fsp3) is 0.222. The molecule has 66 valence electrons. The van der Waals surface area contributed by atoms with Crippen LogP contribution in [0.15, 0.2) is 34.9 Å². The zero-order chi connectivity index (χ0) is 9.56. The molecular formula is C9H11BrO2. The van der Waals surface area contributed by atoms with Gasteiger partial charge in [-0.05, 0) is 22.9 Å². The molecule has 0 aromatic rings. The third-order valence-corrected chi connectivity index (χ3v) is 1.93. The SMILES string of the molecule is C=C/C(Br)=C(\C=C/C)C(=O)OC. The second kappa shape index (κ2) is 5.77. The van der Waals surface area contributed by atoms with Crippen LogP contribution in [0.1, 0.15) is 6.92 Å². The van der Waals surface area contributed by atoms with E-state index in [1.165, 1.54) is 7.11 Å². The van der Waals surface area contributed by atoms with E-state index in [4.69, 9.17) is 0 Å². The molecule has 0 heterocycles. The highest BCUT2D eigenvalue weighted by Crippen LogP contribution is 2.15. The van der Waals surface area contributed by atoms with Gasteiger partial charge in [-0.15, -0.1) is 0 Å². The minimum atomic E-state index is -0.375. The van der Waals surface area contributed by atoms with Crippen molar-refractivity contribution in [3.05, 3.63) is 34.9 Å². The molecule has 0 aliphatic carbocycles. The summed E-state index contributed by atoms with van der Waals surface area (Å²) in [5, 5.41) is 0. The van der Waals surface area contributed by atoms with Gasteiger partial charge < -0.3 is 4.74 Å². The fourth-order valence-corrected chi connectivity index (χ4v) is 0.926. The summed E-state index contributed by atoms with van der Waals surface area (Å²) in [5.41, 5.74) is 0.468. The normalized spacial score (nSPS) is 12.6. The molecule has 2 nitrogen and oxygen atoms in total. The highest BCUT2D eigenvalue weighted by Gasteiger charge is 2.08. The first-order valence-corrected chi connectivity index (χ1v) is 4.19. The first kappa shape index (κ1) is 11.2. The Bertz CT molecular complexity index is 239. The molecule has 0 aliphatic heterocycles. The summed E-state index contributed by atoms with van der Waals surface area (Å²) in [5.74, 6) is -0.375. The quantitative estimate of drug-likeness (QED) is 0.424. The van der Waals surface area contributed by atoms with Crippen LogP contribution in [0, 0.1) is 0 Å². The maximum atomic E-state index is 11.1. The van der Waals surface area contributed by atoms with Crippen molar-refractivity contribution in [2.45, 2.75) is 6.92 Å². The van der Waals surface area contributed by atoms with Crippen LogP contribution in [-0.2, 0) is 9.53 Å². The lowest BCUT2D eigenvalue weighted by Crippen LogP contribution is -2.03. The topological polar surface area (TPSA) is 26.3 Å². The molecule has 0 rings (SSSR count). The number of halogens is 1. The number of carbonyl (C=O) groups is 1. The summed E-state index contributed by atoms with van der Waals surface area (Å²) in [7, 11) is 1.34. The number of esters is 1. The second-order valence-electron chi connectivity index (χ2n) is 1.96. The van der Waals surface area contributed by atoms with Crippen LogP contribution in [0.4, 0.5) is 0 Å². The highest BCUT2D eigenvalue weighted by molar-refractivity contribution is 9.12. The predicted octanol–water partition coefficient (Wildman–Crippen LogP) is 2.57. The lowest BCUT2D eigenvalue weighted by atomic mass is 10.2. The summed E-state index contributed by atoms with van der Waals surface area (Å²) < 4.78 is 5.19. The molecule has 0 bridgehead atoms. The molecule has 0 saturated heterocycles. The van der Waals surface area contributed by atoms with Crippen molar-refractivity contribution in [3.8, 4) is 0 Å². The lowest BCUT2D eigenvalue weighted by Gasteiger charge is -2.00. The van der Waals surface area contributed by atoms with Crippen molar-refractivity contribution in [3.63, 3.8) is 0 Å². The summed E-state index contributed by atoms with van der Waals surface area (Å²) in [6, 6.07) is 0. The molecular weight excluding hydrogens is 220 g/mol. The smallest absolute Gasteiger partial charge is 0.338 e. The van der Waals surface area contributed by atoms with Gasteiger partial charge in [0.2, 0.25) is 0 Å². The van der Waals surface area contributed by atoms with Crippen LogP contribution >= 0.6 is 15.9 Å². The third-order valence-electron chi connectivity index (χ3n) is 1.18. The molecule has 0 amide bonds. The summed E-state index contributed by atoms with van der Waals surface area (Å²) in [6.07, 6.45) is 4.97. The van der Waals surface area contributed by atoms with Gasteiger partial charge in [0, 0.05) is 4.48 Å². The van der Waals surface area contributed by atoms with Crippen LogP contribution in [0.5, 0.6) is 0 Å². The lowest BCUT2D eigenvalue weighted by molar-refractivity contribution is -0.135. The molecule has 0 fully saturated rings. The Hall–Kier alpha value is -0.830. The van der Waals surface area contributed by atoms with Crippen LogP contribution in [0.3, 0.4) is 0 Å². The van der Waals surface area contributed by atoms with Gasteiger partial charge in [-0.2, -0.15) is 0 Å².